The van der Waals surface area contributed by atoms with Crippen LogP contribution < -0.4 is 10.1 Å². The van der Waals surface area contributed by atoms with Gasteiger partial charge in [-0.25, -0.2) is 4.98 Å². The Morgan fingerprint density at radius 3 is 2.81 bits per heavy atom. The average molecular weight is 368 g/mol. The summed E-state index contributed by atoms with van der Waals surface area (Å²) in [5, 5.41) is 4.65. The summed E-state index contributed by atoms with van der Waals surface area (Å²) in [6.07, 6.45) is 7.35. The summed E-state index contributed by atoms with van der Waals surface area (Å²) in [5.41, 5.74) is 5.20. The first-order valence-corrected chi connectivity index (χ1v) is 10.6. The van der Waals surface area contributed by atoms with Gasteiger partial charge in [-0.1, -0.05) is 6.92 Å². The number of anilines is 1. The monoisotopic (exact) mass is 367 g/mol. The fourth-order valence-electron chi connectivity index (χ4n) is 4.69. The Morgan fingerprint density at radius 2 is 2.04 bits per heavy atom. The van der Waals surface area contributed by atoms with Crippen molar-refractivity contribution >= 4 is 16.7 Å². The third-order valence-corrected chi connectivity index (χ3v) is 6.25. The summed E-state index contributed by atoms with van der Waals surface area (Å²) in [6, 6.07) is 4.45. The molecule has 0 saturated carbocycles. The average Bonchev–Trinajstić information content (AvgIpc) is 3.18. The van der Waals surface area contributed by atoms with E-state index in [9.17, 15) is 0 Å². The highest BCUT2D eigenvalue weighted by atomic mass is 16.5. The fraction of sp³-hybridized carbons (Fsp3) is 0.609. The molecule has 1 aromatic heterocycles. The van der Waals surface area contributed by atoms with E-state index in [-0.39, 0.29) is 0 Å². The molecule has 0 bridgehead atoms. The molecule has 4 rings (SSSR count). The van der Waals surface area contributed by atoms with Crippen LogP contribution in [0.15, 0.2) is 12.1 Å². The SMILES string of the molecule is CNc1nc2cc(OCCCN3CCCC3)c(C)cc2c2c1CC(C)CC2. The smallest absolute Gasteiger partial charge is 0.129 e. The Morgan fingerprint density at radius 1 is 1.22 bits per heavy atom. The highest BCUT2D eigenvalue weighted by Gasteiger charge is 2.22. The number of hydrogen-bond acceptors (Lipinski definition) is 4. The van der Waals surface area contributed by atoms with Crippen LogP contribution in [0.2, 0.25) is 0 Å². The van der Waals surface area contributed by atoms with Gasteiger partial charge in [-0.3, -0.25) is 0 Å². The highest BCUT2D eigenvalue weighted by Crippen LogP contribution is 2.37. The van der Waals surface area contributed by atoms with Gasteiger partial charge in [0.15, 0.2) is 0 Å². The first-order valence-electron chi connectivity index (χ1n) is 10.6. The fourth-order valence-corrected chi connectivity index (χ4v) is 4.69. The number of aromatic nitrogens is 1. The van der Waals surface area contributed by atoms with Gasteiger partial charge in [-0.05, 0) is 87.2 Å². The number of pyridine rings is 1. The van der Waals surface area contributed by atoms with Gasteiger partial charge in [0.05, 0.1) is 12.1 Å². The lowest BCUT2D eigenvalue weighted by molar-refractivity contribution is 0.262. The van der Waals surface area contributed by atoms with E-state index in [0.717, 1.165) is 55.4 Å². The third kappa shape index (κ3) is 3.91. The van der Waals surface area contributed by atoms with Crippen molar-refractivity contribution in [2.75, 3.05) is 38.6 Å². The zero-order valence-electron chi connectivity index (χ0n) is 17.1. The van der Waals surface area contributed by atoms with E-state index in [1.54, 1.807) is 0 Å². The molecule has 1 atom stereocenters. The van der Waals surface area contributed by atoms with Gasteiger partial charge < -0.3 is 15.0 Å². The summed E-state index contributed by atoms with van der Waals surface area (Å²) >= 11 is 0. The zero-order valence-corrected chi connectivity index (χ0v) is 17.1. The molecule has 2 aliphatic rings. The van der Waals surface area contributed by atoms with Crippen LogP contribution in [0.3, 0.4) is 0 Å². The lowest BCUT2D eigenvalue weighted by atomic mass is 9.83. The van der Waals surface area contributed by atoms with Crippen molar-refractivity contribution < 1.29 is 4.74 Å². The molecule has 1 aliphatic heterocycles. The Kier molecular flexibility index (Phi) is 5.53. The second-order valence-corrected chi connectivity index (χ2v) is 8.40. The lowest BCUT2D eigenvalue weighted by Crippen LogP contribution is -2.22. The number of hydrogen-bond donors (Lipinski definition) is 1. The number of fused-ring (bicyclic) bond motifs is 3. The highest BCUT2D eigenvalue weighted by molar-refractivity contribution is 5.88. The molecule has 146 valence electrons. The van der Waals surface area contributed by atoms with Crippen molar-refractivity contribution in [3.63, 3.8) is 0 Å². The molecule has 1 aromatic carbocycles. The van der Waals surface area contributed by atoms with Crippen LogP contribution in [-0.2, 0) is 12.8 Å². The molecule has 0 amide bonds. The predicted molar refractivity (Wildman–Crippen MR) is 113 cm³/mol. The predicted octanol–water partition coefficient (Wildman–Crippen LogP) is 4.57. The summed E-state index contributed by atoms with van der Waals surface area (Å²) < 4.78 is 6.15. The van der Waals surface area contributed by atoms with Crippen LogP contribution in [0, 0.1) is 12.8 Å². The maximum Gasteiger partial charge on any atom is 0.129 e. The first kappa shape index (κ1) is 18.5. The minimum absolute atomic E-state index is 0.739. The maximum atomic E-state index is 6.15. The molecule has 1 saturated heterocycles. The molecular weight excluding hydrogens is 334 g/mol. The van der Waals surface area contributed by atoms with Crippen LogP contribution in [0.5, 0.6) is 5.75 Å². The summed E-state index contributed by atoms with van der Waals surface area (Å²) in [5.74, 6) is 2.78. The van der Waals surface area contributed by atoms with Gasteiger partial charge >= 0.3 is 0 Å². The maximum absolute atomic E-state index is 6.15. The first-order chi connectivity index (χ1) is 13.2. The van der Waals surface area contributed by atoms with E-state index in [1.165, 1.54) is 54.4 Å². The minimum Gasteiger partial charge on any atom is -0.493 e. The van der Waals surface area contributed by atoms with Crippen LogP contribution in [-0.4, -0.2) is 43.2 Å². The molecule has 1 unspecified atom stereocenters. The van der Waals surface area contributed by atoms with Crippen molar-refractivity contribution in [3.05, 3.63) is 28.8 Å². The second-order valence-electron chi connectivity index (χ2n) is 8.40. The third-order valence-electron chi connectivity index (χ3n) is 6.25. The van der Waals surface area contributed by atoms with Gasteiger partial charge in [0.25, 0.3) is 0 Å². The van der Waals surface area contributed by atoms with Crippen LogP contribution in [0.25, 0.3) is 10.9 Å². The molecular formula is C23H33N3O. The summed E-state index contributed by atoms with van der Waals surface area (Å²) in [7, 11) is 1.98. The molecule has 27 heavy (non-hydrogen) atoms. The molecule has 4 nitrogen and oxygen atoms in total. The van der Waals surface area contributed by atoms with Gasteiger partial charge in [0.1, 0.15) is 11.6 Å². The molecule has 4 heteroatoms. The van der Waals surface area contributed by atoms with Crippen molar-refractivity contribution in [2.45, 2.75) is 52.4 Å². The van der Waals surface area contributed by atoms with E-state index in [0.29, 0.717) is 0 Å². The molecule has 2 heterocycles. The van der Waals surface area contributed by atoms with E-state index < -0.39 is 0 Å². The summed E-state index contributed by atoms with van der Waals surface area (Å²) in [4.78, 5) is 7.48. The number of ether oxygens (including phenoxy) is 1. The topological polar surface area (TPSA) is 37.4 Å². The number of likely N-dealkylation sites (tertiary alicyclic amines) is 1. The van der Waals surface area contributed by atoms with Crippen LogP contribution in [0.4, 0.5) is 5.82 Å². The van der Waals surface area contributed by atoms with Gasteiger partial charge in [0, 0.05) is 25.0 Å². The van der Waals surface area contributed by atoms with Crippen molar-refractivity contribution in [1.82, 2.24) is 9.88 Å². The molecule has 0 radical (unpaired) electrons. The normalized spacial score (nSPS) is 20.0. The standard InChI is InChI=1S/C23H33N3O/c1-16-7-8-18-19-14-17(2)22(27-12-6-11-26-9-4-5-10-26)15-21(19)25-23(24-3)20(18)13-16/h14-16H,4-13H2,1-3H3,(H,24,25). The van der Waals surface area contributed by atoms with Gasteiger partial charge in [-0.2, -0.15) is 0 Å². The number of nitrogens with one attached hydrogen (secondary N) is 1. The van der Waals surface area contributed by atoms with Crippen molar-refractivity contribution in [3.8, 4) is 5.75 Å². The van der Waals surface area contributed by atoms with Gasteiger partial charge in [0.2, 0.25) is 0 Å². The van der Waals surface area contributed by atoms with E-state index in [1.807, 2.05) is 7.05 Å². The van der Waals surface area contributed by atoms with E-state index in [2.05, 4.69) is 36.2 Å². The molecule has 1 fully saturated rings. The van der Waals surface area contributed by atoms with Crippen LogP contribution in [0.1, 0.15) is 49.3 Å². The number of benzene rings is 1. The van der Waals surface area contributed by atoms with Crippen LogP contribution >= 0.6 is 0 Å². The molecule has 1 N–H and O–H groups in total. The molecule has 1 aliphatic carbocycles. The van der Waals surface area contributed by atoms with Crippen molar-refractivity contribution in [2.24, 2.45) is 5.92 Å². The quantitative estimate of drug-likeness (QED) is 0.759. The lowest BCUT2D eigenvalue weighted by Gasteiger charge is -2.25. The Labute approximate surface area is 163 Å². The zero-order chi connectivity index (χ0) is 18.8. The molecule has 0 spiro atoms. The second kappa shape index (κ2) is 8.05. The summed E-state index contributed by atoms with van der Waals surface area (Å²) in [6.45, 7) is 8.96. The van der Waals surface area contributed by atoms with E-state index >= 15 is 0 Å². The van der Waals surface area contributed by atoms with Gasteiger partial charge in [-0.15, -0.1) is 0 Å². The largest absolute Gasteiger partial charge is 0.493 e. The Balaban J connectivity index is 1.54. The minimum atomic E-state index is 0.739. The number of rotatable bonds is 6. The number of nitrogens with zero attached hydrogens (tertiary/aromatic N) is 2. The Bertz CT molecular complexity index is 811. The number of aryl methyl sites for hydroxylation is 2. The molecule has 2 aromatic rings. The van der Waals surface area contributed by atoms with Crippen molar-refractivity contribution in [1.29, 1.82) is 0 Å². The van der Waals surface area contributed by atoms with E-state index in [4.69, 9.17) is 9.72 Å². The Hall–Kier alpha value is -1.81.